The molecule has 0 bridgehead atoms. The van der Waals surface area contributed by atoms with E-state index in [-0.39, 0.29) is 12.3 Å². The van der Waals surface area contributed by atoms with Crippen LogP contribution in [-0.4, -0.2) is 13.2 Å². The SMILES string of the molecule is CCCCCOc1ccc(CC(=CF)CN)cc1F. The van der Waals surface area contributed by atoms with Gasteiger partial charge in [0.15, 0.2) is 11.6 Å². The maximum absolute atomic E-state index is 13.7. The van der Waals surface area contributed by atoms with Gasteiger partial charge in [-0.3, -0.25) is 0 Å². The highest BCUT2D eigenvalue weighted by Crippen LogP contribution is 2.20. The Morgan fingerprint density at radius 1 is 1.37 bits per heavy atom. The molecule has 0 aliphatic heterocycles. The summed E-state index contributed by atoms with van der Waals surface area (Å²) in [6.07, 6.45) is 3.88. The monoisotopic (exact) mass is 269 g/mol. The lowest BCUT2D eigenvalue weighted by molar-refractivity contribution is 0.291. The molecule has 19 heavy (non-hydrogen) atoms. The molecule has 1 aromatic carbocycles. The van der Waals surface area contributed by atoms with Crippen LogP contribution in [-0.2, 0) is 6.42 Å². The van der Waals surface area contributed by atoms with Crippen molar-refractivity contribution in [3.05, 3.63) is 41.5 Å². The number of benzene rings is 1. The van der Waals surface area contributed by atoms with Crippen molar-refractivity contribution in [1.82, 2.24) is 0 Å². The second kappa shape index (κ2) is 8.64. The molecule has 0 aliphatic carbocycles. The van der Waals surface area contributed by atoms with Crippen LogP contribution in [0.25, 0.3) is 0 Å². The third-order valence-corrected chi connectivity index (χ3v) is 2.85. The first-order chi connectivity index (χ1) is 9.21. The number of nitrogens with two attached hydrogens (primary N) is 1. The van der Waals surface area contributed by atoms with Crippen molar-refractivity contribution < 1.29 is 13.5 Å². The highest BCUT2D eigenvalue weighted by atomic mass is 19.1. The summed E-state index contributed by atoms with van der Waals surface area (Å²) in [7, 11) is 0. The van der Waals surface area contributed by atoms with Gasteiger partial charge >= 0.3 is 0 Å². The zero-order valence-electron chi connectivity index (χ0n) is 11.3. The molecule has 0 fully saturated rings. The molecule has 0 saturated carbocycles. The molecule has 106 valence electrons. The first-order valence-electron chi connectivity index (χ1n) is 6.60. The Morgan fingerprint density at radius 3 is 2.74 bits per heavy atom. The topological polar surface area (TPSA) is 35.2 Å². The predicted molar refractivity (Wildman–Crippen MR) is 73.4 cm³/mol. The van der Waals surface area contributed by atoms with E-state index in [1.807, 2.05) is 0 Å². The molecule has 0 aromatic heterocycles. The smallest absolute Gasteiger partial charge is 0.165 e. The van der Waals surface area contributed by atoms with E-state index in [4.69, 9.17) is 10.5 Å². The van der Waals surface area contributed by atoms with E-state index >= 15 is 0 Å². The van der Waals surface area contributed by atoms with E-state index in [1.54, 1.807) is 12.1 Å². The van der Waals surface area contributed by atoms with Crippen LogP contribution in [0.1, 0.15) is 31.7 Å². The number of hydrogen-bond acceptors (Lipinski definition) is 2. The molecule has 0 saturated heterocycles. The van der Waals surface area contributed by atoms with Crippen molar-refractivity contribution in [1.29, 1.82) is 0 Å². The molecule has 0 heterocycles. The van der Waals surface area contributed by atoms with Gasteiger partial charge < -0.3 is 10.5 Å². The van der Waals surface area contributed by atoms with Crippen LogP contribution in [0.4, 0.5) is 8.78 Å². The van der Waals surface area contributed by atoms with Gasteiger partial charge in [0.05, 0.1) is 12.9 Å². The minimum Gasteiger partial charge on any atom is -0.491 e. The Hall–Kier alpha value is -1.42. The molecule has 4 heteroatoms. The number of rotatable bonds is 8. The summed E-state index contributed by atoms with van der Waals surface area (Å²) in [6.45, 7) is 2.75. The van der Waals surface area contributed by atoms with Gasteiger partial charge in [-0.25, -0.2) is 8.78 Å². The maximum atomic E-state index is 13.7. The Kier molecular flexibility index (Phi) is 7.11. The lowest BCUT2D eigenvalue weighted by Gasteiger charge is -2.09. The van der Waals surface area contributed by atoms with E-state index < -0.39 is 5.82 Å². The van der Waals surface area contributed by atoms with Gasteiger partial charge in [-0.05, 0) is 36.1 Å². The molecule has 2 nitrogen and oxygen atoms in total. The summed E-state index contributed by atoms with van der Waals surface area (Å²) in [5, 5.41) is 0. The van der Waals surface area contributed by atoms with Gasteiger partial charge in [0.25, 0.3) is 0 Å². The number of halogens is 2. The molecule has 0 amide bonds. The first kappa shape index (κ1) is 15.6. The van der Waals surface area contributed by atoms with E-state index in [0.29, 0.717) is 30.5 Å². The fraction of sp³-hybridized carbons (Fsp3) is 0.467. The average Bonchev–Trinajstić information content (AvgIpc) is 2.42. The summed E-state index contributed by atoms with van der Waals surface area (Å²) in [6, 6.07) is 4.69. The highest BCUT2D eigenvalue weighted by Gasteiger charge is 2.06. The molecule has 2 N–H and O–H groups in total. The Balaban J connectivity index is 2.59. The number of unbranched alkanes of at least 4 members (excludes halogenated alkanes) is 2. The van der Waals surface area contributed by atoms with Crippen LogP contribution in [0.5, 0.6) is 5.75 Å². The minimum atomic E-state index is -0.413. The van der Waals surface area contributed by atoms with Gasteiger partial charge in [-0.2, -0.15) is 0 Å². The number of hydrogen-bond donors (Lipinski definition) is 1. The van der Waals surface area contributed by atoms with Crippen molar-refractivity contribution in [3.63, 3.8) is 0 Å². The number of ether oxygens (including phenoxy) is 1. The van der Waals surface area contributed by atoms with Crippen LogP contribution in [0.3, 0.4) is 0 Å². The van der Waals surface area contributed by atoms with E-state index in [9.17, 15) is 8.78 Å². The van der Waals surface area contributed by atoms with Crippen molar-refractivity contribution >= 4 is 0 Å². The fourth-order valence-corrected chi connectivity index (χ4v) is 1.72. The van der Waals surface area contributed by atoms with Crippen molar-refractivity contribution in [3.8, 4) is 5.75 Å². The fourth-order valence-electron chi connectivity index (χ4n) is 1.72. The lowest BCUT2D eigenvalue weighted by atomic mass is 10.1. The Labute approximate surface area is 113 Å². The lowest BCUT2D eigenvalue weighted by Crippen LogP contribution is -2.06. The Morgan fingerprint density at radius 2 is 2.16 bits per heavy atom. The minimum absolute atomic E-state index is 0.132. The predicted octanol–water partition coefficient (Wildman–Crippen LogP) is 3.75. The van der Waals surface area contributed by atoms with E-state index in [0.717, 1.165) is 19.3 Å². The molecule has 1 rings (SSSR count). The van der Waals surface area contributed by atoms with Gasteiger partial charge in [-0.1, -0.05) is 25.8 Å². The van der Waals surface area contributed by atoms with E-state index in [2.05, 4.69) is 6.92 Å². The molecular weight excluding hydrogens is 248 g/mol. The first-order valence-corrected chi connectivity index (χ1v) is 6.60. The third-order valence-electron chi connectivity index (χ3n) is 2.85. The summed E-state index contributed by atoms with van der Waals surface area (Å²) in [5.74, 6) is -0.164. The van der Waals surface area contributed by atoms with Crippen LogP contribution >= 0.6 is 0 Å². The maximum Gasteiger partial charge on any atom is 0.165 e. The van der Waals surface area contributed by atoms with Gasteiger partial charge in [0.2, 0.25) is 0 Å². The second-order valence-corrected chi connectivity index (χ2v) is 4.47. The normalized spacial score (nSPS) is 11.7. The molecule has 1 aromatic rings. The molecule has 0 spiro atoms. The van der Waals surface area contributed by atoms with Crippen LogP contribution in [0.2, 0.25) is 0 Å². The third kappa shape index (κ3) is 5.39. The molecule has 0 aliphatic rings. The molecule has 0 radical (unpaired) electrons. The van der Waals surface area contributed by atoms with Crippen molar-refractivity contribution in [2.45, 2.75) is 32.6 Å². The summed E-state index contributed by atoms with van der Waals surface area (Å²) < 4.78 is 31.5. The van der Waals surface area contributed by atoms with Crippen LogP contribution in [0.15, 0.2) is 30.1 Å². The van der Waals surface area contributed by atoms with Crippen LogP contribution in [0, 0.1) is 5.82 Å². The molecule has 0 unspecified atom stereocenters. The zero-order chi connectivity index (χ0) is 14.1. The van der Waals surface area contributed by atoms with Gasteiger partial charge in [0.1, 0.15) is 0 Å². The average molecular weight is 269 g/mol. The standard InChI is InChI=1S/C15H21F2NO/c1-2-3-4-7-19-15-6-5-12(9-14(15)17)8-13(10-16)11-18/h5-6,9-10H,2-4,7-8,11,18H2,1H3. The van der Waals surface area contributed by atoms with Gasteiger partial charge in [0, 0.05) is 6.54 Å². The summed E-state index contributed by atoms with van der Waals surface area (Å²) in [5.41, 5.74) is 6.50. The highest BCUT2D eigenvalue weighted by molar-refractivity contribution is 5.31. The Bertz CT molecular complexity index is 419. The quantitative estimate of drug-likeness (QED) is 0.729. The molecule has 0 atom stereocenters. The van der Waals surface area contributed by atoms with E-state index in [1.165, 1.54) is 6.07 Å². The summed E-state index contributed by atoms with van der Waals surface area (Å²) in [4.78, 5) is 0. The summed E-state index contributed by atoms with van der Waals surface area (Å²) >= 11 is 0. The van der Waals surface area contributed by atoms with Gasteiger partial charge in [-0.15, -0.1) is 0 Å². The van der Waals surface area contributed by atoms with Crippen molar-refractivity contribution in [2.24, 2.45) is 5.73 Å². The van der Waals surface area contributed by atoms with Crippen LogP contribution < -0.4 is 10.5 Å². The zero-order valence-corrected chi connectivity index (χ0v) is 11.3. The largest absolute Gasteiger partial charge is 0.491 e. The second-order valence-electron chi connectivity index (χ2n) is 4.47. The van der Waals surface area contributed by atoms with Crippen molar-refractivity contribution in [2.75, 3.05) is 13.2 Å². The molecular formula is C15H21F2NO.